The third-order valence-corrected chi connectivity index (χ3v) is 6.30. The molecule has 1 fully saturated rings. The summed E-state index contributed by atoms with van der Waals surface area (Å²) < 4.78 is 33.0. The van der Waals surface area contributed by atoms with E-state index in [9.17, 15) is 8.42 Å². The van der Waals surface area contributed by atoms with Crippen molar-refractivity contribution in [2.75, 3.05) is 19.3 Å². The van der Waals surface area contributed by atoms with Crippen molar-refractivity contribution in [3.8, 4) is 0 Å². The highest BCUT2D eigenvalue weighted by molar-refractivity contribution is 7.92. The van der Waals surface area contributed by atoms with E-state index in [0.717, 1.165) is 49.8 Å². The molecule has 0 bridgehead atoms. The number of likely N-dealkylation sites (tertiary alicyclic amines) is 1. The summed E-state index contributed by atoms with van der Waals surface area (Å²) in [5, 5.41) is 4.06. The molecule has 2 aromatic rings. The molecule has 0 radical (unpaired) electrons. The normalized spacial score (nSPS) is 18.1. The average molecular weight is 327 g/mol. The van der Waals surface area contributed by atoms with Gasteiger partial charge in [0.05, 0.1) is 18.5 Å². The van der Waals surface area contributed by atoms with Crippen molar-refractivity contribution in [2.24, 2.45) is 0 Å². The Kier molecular flexibility index (Phi) is 4.10. The van der Waals surface area contributed by atoms with E-state index in [4.69, 9.17) is 4.42 Å². The number of piperidine rings is 1. The summed E-state index contributed by atoms with van der Waals surface area (Å²) in [6.45, 7) is 2.62. The zero-order chi connectivity index (χ0) is 14.9. The van der Waals surface area contributed by atoms with Gasteiger partial charge in [0.2, 0.25) is 0 Å². The zero-order valence-electron chi connectivity index (χ0n) is 11.7. The highest BCUT2D eigenvalue weighted by Gasteiger charge is 2.28. The number of furan rings is 1. The minimum atomic E-state index is -3.23. The smallest absolute Gasteiger partial charge is 0.188 e. The second-order valence-electron chi connectivity index (χ2n) is 5.35. The van der Waals surface area contributed by atoms with Gasteiger partial charge in [-0.3, -0.25) is 4.90 Å². The van der Waals surface area contributed by atoms with Crippen LogP contribution in [0.1, 0.15) is 30.2 Å². The molecule has 0 spiro atoms. The van der Waals surface area contributed by atoms with Crippen LogP contribution in [0.4, 0.5) is 0 Å². The number of rotatable bonds is 4. The highest BCUT2D eigenvalue weighted by atomic mass is 32.2. The molecule has 114 valence electrons. The molecule has 1 aliphatic rings. The van der Waals surface area contributed by atoms with Crippen molar-refractivity contribution in [1.29, 1.82) is 0 Å². The summed E-state index contributed by atoms with van der Waals surface area (Å²) in [6, 6.07) is 3.86. The average Bonchev–Trinajstić information content (AvgIpc) is 3.09. The van der Waals surface area contributed by atoms with Gasteiger partial charge in [-0.05, 0) is 38.1 Å². The van der Waals surface area contributed by atoms with E-state index >= 15 is 0 Å². The van der Waals surface area contributed by atoms with Gasteiger partial charge in [0.15, 0.2) is 14.0 Å². The first-order chi connectivity index (χ1) is 10.0. The Morgan fingerprint density at radius 2 is 2.19 bits per heavy atom. The standard InChI is InChI=1S/C13H17N3O3S2/c1-21(17,18)13-12(14-15-20-13)10-4-6-16(7-5-10)9-11-3-2-8-19-11/h2-3,8,10H,4-7,9H2,1H3. The van der Waals surface area contributed by atoms with Crippen LogP contribution in [0.2, 0.25) is 0 Å². The minimum Gasteiger partial charge on any atom is -0.468 e. The van der Waals surface area contributed by atoms with Crippen LogP contribution in [0.3, 0.4) is 0 Å². The number of hydrogen-bond acceptors (Lipinski definition) is 7. The molecule has 3 rings (SSSR count). The van der Waals surface area contributed by atoms with Gasteiger partial charge in [-0.15, -0.1) is 5.10 Å². The van der Waals surface area contributed by atoms with E-state index in [0.29, 0.717) is 9.90 Å². The van der Waals surface area contributed by atoms with Crippen LogP contribution in [0.5, 0.6) is 0 Å². The highest BCUT2D eigenvalue weighted by Crippen LogP contribution is 2.32. The Labute approximate surface area is 127 Å². The molecule has 21 heavy (non-hydrogen) atoms. The number of sulfone groups is 1. The number of nitrogens with zero attached hydrogens (tertiary/aromatic N) is 3. The molecule has 0 saturated carbocycles. The lowest BCUT2D eigenvalue weighted by Crippen LogP contribution is -2.32. The maximum atomic E-state index is 11.7. The van der Waals surface area contributed by atoms with Crippen LogP contribution in [0.25, 0.3) is 0 Å². The molecule has 3 heterocycles. The van der Waals surface area contributed by atoms with E-state index in [-0.39, 0.29) is 5.92 Å². The molecule has 0 aliphatic carbocycles. The number of aromatic nitrogens is 2. The lowest BCUT2D eigenvalue weighted by atomic mass is 9.94. The molecule has 8 heteroatoms. The van der Waals surface area contributed by atoms with Crippen LogP contribution >= 0.6 is 11.5 Å². The van der Waals surface area contributed by atoms with E-state index in [2.05, 4.69) is 14.5 Å². The van der Waals surface area contributed by atoms with Crippen LogP contribution in [0, 0.1) is 0 Å². The molecule has 0 atom stereocenters. The van der Waals surface area contributed by atoms with Gasteiger partial charge in [-0.25, -0.2) is 8.42 Å². The second kappa shape index (κ2) is 5.86. The summed E-state index contributed by atoms with van der Waals surface area (Å²) in [7, 11) is -3.23. The molecule has 0 N–H and O–H groups in total. The molecule has 6 nitrogen and oxygen atoms in total. The van der Waals surface area contributed by atoms with Crippen LogP contribution < -0.4 is 0 Å². The monoisotopic (exact) mass is 327 g/mol. The third kappa shape index (κ3) is 3.33. The van der Waals surface area contributed by atoms with Crippen molar-refractivity contribution in [2.45, 2.75) is 29.5 Å². The van der Waals surface area contributed by atoms with Gasteiger partial charge < -0.3 is 4.42 Å². The molecule has 0 aromatic carbocycles. The largest absolute Gasteiger partial charge is 0.468 e. The van der Waals surface area contributed by atoms with Gasteiger partial charge in [-0.1, -0.05) is 4.49 Å². The molecule has 2 aromatic heterocycles. The Bertz CT molecular complexity index is 686. The van der Waals surface area contributed by atoms with Gasteiger partial charge in [0, 0.05) is 23.7 Å². The molecular formula is C13H17N3O3S2. The van der Waals surface area contributed by atoms with E-state index in [1.165, 1.54) is 6.26 Å². The summed E-state index contributed by atoms with van der Waals surface area (Å²) in [6.07, 6.45) is 4.70. The molecule has 0 amide bonds. The SMILES string of the molecule is CS(=O)(=O)c1snnc1C1CCN(Cc2ccco2)CC1. The predicted molar refractivity (Wildman–Crippen MR) is 79.0 cm³/mol. The van der Waals surface area contributed by atoms with Crippen molar-refractivity contribution < 1.29 is 12.8 Å². The lowest BCUT2D eigenvalue weighted by molar-refractivity contribution is 0.189. The predicted octanol–water partition coefficient (Wildman–Crippen LogP) is 1.91. The Balaban J connectivity index is 1.65. The molecule has 1 aliphatic heterocycles. The first kappa shape index (κ1) is 14.7. The summed E-state index contributed by atoms with van der Waals surface area (Å²) in [5.74, 6) is 1.14. The molecule has 0 unspecified atom stereocenters. The summed E-state index contributed by atoms with van der Waals surface area (Å²) in [4.78, 5) is 2.31. The van der Waals surface area contributed by atoms with Crippen LogP contribution in [-0.4, -0.2) is 42.2 Å². The fourth-order valence-electron chi connectivity index (χ4n) is 2.68. The van der Waals surface area contributed by atoms with Crippen LogP contribution in [-0.2, 0) is 16.4 Å². The fourth-order valence-corrected chi connectivity index (χ4v) is 4.42. The Morgan fingerprint density at radius 3 is 2.81 bits per heavy atom. The van der Waals surface area contributed by atoms with Gasteiger partial charge in [-0.2, -0.15) is 0 Å². The van der Waals surface area contributed by atoms with E-state index in [1.807, 2.05) is 12.1 Å². The second-order valence-corrected chi connectivity index (χ2v) is 8.31. The van der Waals surface area contributed by atoms with Crippen molar-refractivity contribution in [3.63, 3.8) is 0 Å². The topological polar surface area (TPSA) is 76.3 Å². The Morgan fingerprint density at radius 1 is 1.43 bits per heavy atom. The van der Waals surface area contributed by atoms with E-state index in [1.54, 1.807) is 6.26 Å². The van der Waals surface area contributed by atoms with Crippen molar-refractivity contribution in [1.82, 2.24) is 14.5 Å². The quantitative estimate of drug-likeness (QED) is 0.854. The maximum Gasteiger partial charge on any atom is 0.188 e. The van der Waals surface area contributed by atoms with Crippen molar-refractivity contribution >= 4 is 21.4 Å². The fraction of sp³-hybridized carbons (Fsp3) is 0.538. The minimum absolute atomic E-state index is 0.182. The van der Waals surface area contributed by atoms with Gasteiger partial charge in [0.1, 0.15) is 5.76 Å². The molecular weight excluding hydrogens is 310 g/mol. The van der Waals surface area contributed by atoms with Gasteiger partial charge in [0.25, 0.3) is 0 Å². The first-order valence-corrected chi connectivity index (χ1v) is 9.47. The van der Waals surface area contributed by atoms with Gasteiger partial charge >= 0.3 is 0 Å². The Hall–Kier alpha value is -1.25. The number of hydrogen-bond donors (Lipinski definition) is 0. The van der Waals surface area contributed by atoms with Crippen molar-refractivity contribution in [3.05, 3.63) is 29.9 Å². The first-order valence-electron chi connectivity index (χ1n) is 6.81. The van der Waals surface area contributed by atoms with E-state index < -0.39 is 9.84 Å². The summed E-state index contributed by atoms with van der Waals surface area (Å²) in [5.41, 5.74) is 0.653. The third-order valence-electron chi connectivity index (χ3n) is 3.75. The van der Waals surface area contributed by atoms with Crippen LogP contribution in [0.15, 0.2) is 27.0 Å². The maximum absolute atomic E-state index is 11.7. The molecule has 1 saturated heterocycles. The summed E-state index contributed by atoms with van der Waals surface area (Å²) >= 11 is 0.977. The zero-order valence-corrected chi connectivity index (χ0v) is 13.4. The lowest BCUT2D eigenvalue weighted by Gasteiger charge is -2.30.